The van der Waals surface area contributed by atoms with Crippen LogP contribution in [0.15, 0.2) is 22.7 Å². The molecule has 1 heterocycles. The van der Waals surface area contributed by atoms with E-state index in [0.717, 1.165) is 11.0 Å². The van der Waals surface area contributed by atoms with Crippen LogP contribution in [0, 0.1) is 0 Å². The molecule has 0 fully saturated rings. The Hall–Kier alpha value is -0.700. The molecule has 0 aromatic heterocycles. The Morgan fingerprint density at radius 1 is 1.40 bits per heavy atom. The Morgan fingerprint density at radius 2 is 2.27 bits per heavy atom. The number of halogens is 1. The van der Waals surface area contributed by atoms with E-state index in [1.807, 2.05) is 0 Å². The van der Waals surface area contributed by atoms with Crippen LogP contribution in [0.1, 0.15) is 26.2 Å². The fraction of sp³-hybridized carbons (Fsp3) is 0.500. The zero-order chi connectivity index (χ0) is 10.7. The highest BCUT2D eigenvalue weighted by Crippen LogP contribution is 2.29. The molecule has 0 bridgehead atoms. The Morgan fingerprint density at radius 3 is 3.07 bits per heavy atom. The number of fused-ring (bicyclic) bond motifs is 1. The maximum Gasteiger partial charge on any atom is 0.0589 e. The molecule has 1 aliphatic heterocycles. The lowest BCUT2D eigenvalue weighted by Gasteiger charge is -2.16. The van der Waals surface area contributed by atoms with Crippen LogP contribution in [0.4, 0.5) is 11.4 Å². The van der Waals surface area contributed by atoms with Crippen molar-refractivity contribution in [2.24, 2.45) is 0 Å². The Bertz CT molecular complexity index is 338. The Balaban J connectivity index is 2.19. The zero-order valence-corrected chi connectivity index (χ0v) is 10.6. The second kappa shape index (κ2) is 4.88. The van der Waals surface area contributed by atoms with Crippen molar-refractivity contribution in [3.8, 4) is 0 Å². The first-order chi connectivity index (χ1) is 7.29. The van der Waals surface area contributed by atoms with Crippen molar-refractivity contribution in [3.63, 3.8) is 0 Å². The van der Waals surface area contributed by atoms with Gasteiger partial charge in [-0.2, -0.15) is 0 Å². The number of anilines is 2. The molecule has 15 heavy (non-hydrogen) atoms. The van der Waals surface area contributed by atoms with E-state index >= 15 is 0 Å². The van der Waals surface area contributed by atoms with E-state index in [0.29, 0.717) is 6.04 Å². The van der Waals surface area contributed by atoms with Crippen LogP contribution in [0.5, 0.6) is 0 Å². The molecule has 3 heteroatoms. The monoisotopic (exact) mass is 268 g/mol. The van der Waals surface area contributed by atoms with Crippen molar-refractivity contribution in [1.29, 1.82) is 0 Å². The third-order valence-corrected chi connectivity index (χ3v) is 3.28. The van der Waals surface area contributed by atoms with E-state index in [2.05, 4.69) is 51.7 Å². The molecule has 1 aliphatic rings. The van der Waals surface area contributed by atoms with E-state index in [1.165, 1.54) is 30.6 Å². The molecule has 2 rings (SSSR count). The van der Waals surface area contributed by atoms with Crippen molar-refractivity contribution < 1.29 is 0 Å². The third-order valence-electron chi connectivity index (χ3n) is 2.79. The van der Waals surface area contributed by atoms with Gasteiger partial charge in [0.2, 0.25) is 0 Å². The molecule has 0 aliphatic carbocycles. The summed E-state index contributed by atoms with van der Waals surface area (Å²) in [4.78, 5) is 0. The first kappa shape index (κ1) is 10.8. The van der Waals surface area contributed by atoms with Crippen LogP contribution in [0.2, 0.25) is 0 Å². The minimum atomic E-state index is 0.609. The molecule has 2 N–H and O–H groups in total. The van der Waals surface area contributed by atoms with Gasteiger partial charge in [-0.05, 0) is 31.0 Å². The molecule has 1 aromatic carbocycles. The van der Waals surface area contributed by atoms with Crippen LogP contribution in [-0.4, -0.2) is 12.6 Å². The van der Waals surface area contributed by atoms with Crippen molar-refractivity contribution in [3.05, 3.63) is 22.7 Å². The predicted molar refractivity (Wildman–Crippen MR) is 69.6 cm³/mol. The number of nitrogens with one attached hydrogen (secondary N) is 2. The molecule has 1 unspecified atom stereocenters. The molecule has 0 amide bonds. The van der Waals surface area contributed by atoms with Gasteiger partial charge in [0, 0.05) is 17.1 Å². The standard InChI is InChI=1S/C12H17BrN2/c1-2-3-10-6-7-14-11-5-4-9(13)8-12(11)15-10/h4-5,8,10,14-15H,2-3,6-7H2,1H3. The summed E-state index contributed by atoms with van der Waals surface area (Å²) in [5.41, 5.74) is 2.44. The summed E-state index contributed by atoms with van der Waals surface area (Å²) in [6, 6.07) is 6.96. The summed E-state index contributed by atoms with van der Waals surface area (Å²) < 4.78 is 1.13. The minimum absolute atomic E-state index is 0.609. The maximum atomic E-state index is 3.61. The normalized spacial score (nSPS) is 19.7. The Labute approximate surface area is 99.6 Å². The largest absolute Gasteiger partial charge is 0.383 e. The van der Waals surface area contributed by atoms with Gasteiger partial charge < -0.3 is 10.6 Å². The van der Waals surface area contributed by atoms with Crippen LogP contribution < -0.4 is 10.6 Å². The van der Waals surface area contributed by atoms with E-state index in [9.17, 15) is 0 Å². The van der Waals surface area contributed by atoms with Crippen molar-refractivity contribution in [1.82, 2.24) is 0 Å². The fourth-order valence-corrected chi connectivity index (χ4v) is 2.39. The molecular formula is C12H17BrN2. The van der Waals surface area contributed by atoms with E-state index in [4.69, 9.17) is 0 Å². The van der Waals surface area contributed by atoms with Gasteiger partial charge in [0.15, 0.2) is 0 Å². The highest BCUT2D eigenvalue weighted by atomic mass is 79.9. The van der Waals surface area contributed by atoms with Gasteiger partial charge in [-0.1, -0.05) is 29.3 Å². The van der Waals surface area contributed by atoms with E-state index in [1.54, 1.807) is 0 Å². The molecule has 82 valence electrons. The van der Waals surface area contributed by atoms with Gasteiger partial charge in [0.05, 0.1) is 11.4 Å². The second-order valence-electron chi connectivity index (χ2n) is 4.04. The number of hydrogen-bond donors (Lipinski definition) is 2. The average Bonchev–Trinajstić information content (AvgIpc) is 2.39. The van der Waals surface area contributed by atoms with Crippen LogP contribution >= 0.6 is 15.9 Å². The lowest BCUT2D eigenvalue weighted by molar-refractivity contribution is 0.615. The highest BCUT2D eigenvalue weighted by Gasteiger charge is 2.14. The fourth-order valence-electron chi connectivity index (χ4n) is 2.03. The van der Waals surface area contributed by atoms with Crippen molar-refractivity contribution in [2.75, 3.05) is 17.2 Å². The first-order valence-electron chi connectivity index (χ1n) is 5.59. The van der Waals surface area contributed by atoms with Gasteiger partial charge >= 0.3 is 0 Å². The molecule has 1 atom stereocenters. The van der Waals surface area contributed by atoms with Gasteiger partial charge in [-0.3, -0.25) is 0 Å². The molecule has 0 saturated carbocycles. The molecule has 0 spiro atoms. The Kier molecular flexibility index (Phi) is 3.52. The van der Waals surface area contributed by atoms with Gasteiger partial charge in [-0.25, -0.2) is 0 Å². The molecular weight excluding hydrogens is 252 g/mol. The topological polar surface area (TPSA) is 24.1 Å². The number of hydrogen-bond acceptors (Lipinski definition) is 2. The first-order valence-corrected chi connectivity index (χ1v) is 6.39. The highest BCUT2D eigenvalue weighted by molar-refractivity contribution is 9.10. The number of benzene rings is 1. The predicted octanol–water partition coefficient (Wildman–Crippen LogP) is 3.85. The maximum absolute atomic E-state index is 3.61. The molecule has 0 radical (unpaired) electrons. The molecule has 0 saturated heterocycles. The van der Waals surface area contributed by atoms with Crippen molar-refractivity contribution >= 4 is 27.3 Å². The summed E-state index contributed by atoms with van der Waals surface area (Å²) in [7, 11) is 0. The summed E-state index contributed by atoms with van der Waals surface area (Å²) in [5, 5.41) is 7.07. The zero-order valence-electron chi connectivity index (χ0n) is 9.02. The molecule has 2 nitrogen and oxygen atoms in total. The lowest BCUT2D eigenvalue weighted by Crippen LogP contribution is -2.19. The van der Waals surface area contributed by atoms with Crippen LogP contribution in [0.3, 0.4) is 0 Å². The summed E-state index contributed by atoms with van der Waals surface area (Å²) in [6.45, 7) is 3.30. The lowest BCUT2D eigenvalue weighted by atomic mass is 10.1. The van der Waals surface area contributed by atoms with Crippen LogP contribution in [0.25, 0.3) is 0 Å². The quantitative estimate of drug-likeness (QED) is 0.852. The summed E-state index contributed by atoms with van der Waals surface area (Å²) >= 11 is 3.51. The minimum Gasteiger partial charge on any atom is -0.383 e. The smallest absolute Gasteiger partial charge is 0.0589 e. The summed E-state index contributed by atoms with van der Waals surface area (Å²) in [5.74, 6) is 0. The third kappa shape index (κ3) is 2.65. The van der Waals surface area contributed by atoms with E-state index < -0.39 is 0 Å². The SMILES string of the molecule is CCCC1CCNc2ccc(Br)cc2N1. The molecule has 1 aromatic rings. The number of rotatable bonds is 2. The van der Waals surface area contributed by atoms with E-state index in [-0.39, 0.29) is 0 Å². The van der Waals surface area contributed by atoms with Crippen LogP contribution in [-0.2, 0) is 0 Å². The van der Waals surface area contributed by atoms with Gasteiger partial charge in [0.25, 0.3) is 0 Å². The second-order valence-corrected chi connectivity index (χ2v) is 4.95. The summed E-state index contributed by atoms with van der Waals surface area (Å²) in [6.07, 6.45) is 3.68. The van der Waals surface area contributed by atoms with Gasteiger partial charge in [-0.15, -0.1) is 0 Å². The van der Waals surface area contributed by atoms with Gasteiger partial charge in [0.1, 0.15) is 0 Å². The average molecular weight is 269 g/mol. The van der Waals surface area contributed by atoms with Crippen molar-refractivity contribution in [2.45, 2.75) is 32.2 Å².